The molecule has 0 bridgehead atoms. The van der Waals surface area contributed by atoms with Gasteiger partial charge in [-0.2, -0.15) is 0 Å². The number of nitrogens with zero attached hydrogens (tertiary/aromatic N) is 1. The molecule has 0 aromatic heterocycles. The second kappa shape index (κ2) is 15.7. The van der Waals surface area contributed by atoms with Crippen molar-refractivity contribution in [2.24, 2.45) is 0 Å². The Balaban J connectivity index is 1.07. The first-order valence-electron chi connectivity index (χ1n) is 22.4. The van der Waals surface area contributed by atoms with Gasteiger partial charge in [-0.15, -0.1) is 0 Å². The van der Waals surface area contributed by atoms with E-state index in [4.69, 9.17) is 0 Å². The number of anilines is 3. The molecule has 1 heteroatoms. The lowest BCUT2D eigenvalue weighted by Crippen LogP contribution is -2.25. The molecule has 0 unspecified atom stereocenters. The van der Waals surface area contributed by atoms with E-state index in [-0.39, 0.29) is 0 Å². The van der Waals surface area contributed by atoms with E-state index in [9.17, 15) is 0 Å². The van der Waals surface area contributed by atoms with Crippen LogP contribution in [0.1, 0.15) is 44.5 Å². The van der Waals surface area contributed by atoms with Crippen LogP contribution in [0, 0.1) is 0 Å². The number of rotatable bonds is 9. The minimum Gasteiger partial charge on any atom is -0.310 e. The molecule has 0 atom stereocenters. The molecule has 1 nitrogen and oxygen atoms in total. The third-order valence-electron chi connectivity index (χ3n) is 13.6. The van der Waals surface area contributed by atoms with Gasteiger partial charge in [0.15, 0.2) is 0 Å². The molecule has 1 spiro atoms. The van der Waals surface area contributed by atoms with Crippen LogP contribution in [0.4, 0.5) is 17.1 Å². The summed E-state index contributed by atoms with van der Waals surface area (Å²) in [5.41, 5.74) is 23.7. The summed E-state index contributed by atoms with van der Waals surface area (Å²) in [5.74, 6) is 0. The fourth-order valence-corrected chi connectivity index (χ4v) is 10.8. The van der Waals surface area contributed by atoms with Gasteiger partial charge in [-0.1, -0.05) is 212 Å². The van der Waals surface area contributed by atoms with E-state index in [0.717, 1.165) is 29.9 Å². The van der Waals surface area contributed by atoms with Gasteiger partial charge in [0.05, 0.1) is 5.41 Å². The van der Waals surface area contributed by atoms with E-state index in [0.29, 0.717) is 0 Å². The summed E-state index contributed by atoms with van der Waals surface area (Å²) in [5, 5.41) is 0. The Morgan fingerprint density at radius 3 is 1.34 bits per heavy atom. The van der Waals surface area contributed by atoms with Gasteiger partial charge in [0.25, 0.3) is 0 Å². The minimum absolute atomic E-state index is 0.395. The molecular weight excluding hydrogens is 771 g/mol. The topological polar surface area (TPSA) is 3.24 Å². The van der Waals surface area contributed by atoms with Gasteiger partial charge in [-0.25, -0.2) is 0 Å². The van der Waals surface area contributed by atoms with Crippen molar-refractivity contribution >= 4 is 17.1 Å². The van der Waals surface area contributed by atoms with Gasteiger partial charge in [0.1, 0.15) is 0 Å². The summed E-state index contributed by atoms with van der Waals surface area (Å²) in [6, 6.07) is 92.1. The molecule has 0 saturated heterocycles. The quantitative estimate of drug-likeness (QED) is 0.140. The van der Waals surface area contributed by atoms with Crippen molar-refractivity contribution in [2.45, 2.75) is 18.3 Å². The van der Waals surface area contributed by atoms with Gasteiger partial charge in [0.2, 0.25) is 0 Å². The number of hydrogen-bond acceptors (Lipinski definition) is 1. The zero-order valence-electron chi connectivity index (χ0n) is 35.5. The van der Waals surface area contributed by atoms with Crippen LogP contribution in [0.3, 0.4) is 0 Å². The van der Waals surface area contributed by atoms with E-state index >= 15 is 0 Å². The maximum absolute atomic E-state index is 2.48. The van der Waals surface area contributed by atoms with Crippen molar-refractivity contribution in [3.8, 4) is 44.5 Å². The first-order valence-corrected chi connectivity index (χ1v) is 22.4. The summed E-state index contributed by atoms with van der Waals surface area (Å²) >= 11 is 0. The van der Waals surface area contributed by atoms with Gasteiger partial charge < -0.3 is 4.90 Å². The average Bonchev–Trinajstić information content (AvgIpc) is 3.83. The molecule has 0 fully saturated rings. The van der Waals surface area contributed by atoms with Gasteiger partial charge >= 0.3 is 0 Å². The maximum Gasteiger partial charge on any atom is 0.0725 e. The first kappa shape index (κ1) is 37.7. The van der Waals surface area contributed by atoms with Crippen molar-refractivity contribution in [2.75, 3.05) is 4.90 Å². The molecule has 2 aliphatic rings. The molecule has 0 N–H and O–H groups in total. The predicted molar refractivity (Wildman–Crippen MR) is 267 cm³/mol. The maximum atomic E-state index is 2.48. The van der Waals surface area contributed by atoms with Crippen molar-refractivity contribution in [1.82, 2.24) is 0 Å². The lowest BCUT2D eigenvalue weighted by molar-refractivity contribution is 0.794. The zero-order valence-corrected chi connectivity index (χ0v) is 35.5. The lowest BCUT2D eigenvalue weighted by atomic mass is 9.70. The molecule has 0 heterocycles. The van der Waals surface area contributed by atoms with Crippen LogP contribution in [0.25, 0.3) is 44.5 Å². The Morgan fingerprint density at radius 1 is 0.266 bits per heavy atom. The van der Waals surface area contributed by atoms with Crippen molar-refractivity contribution in [3.05, 3.63) is 293 Å². The molecule has 2 aliphatic carbocycles. The van der Waals surface area contributed by atoms with Gasteiger partial charge in [-0.3, -0.25) is 0 Å². The van der Waals surface area contributed by atoms with E-state index in [1.807, 2.05) is 0 Å². The Hall–Kier alpha value is -8.00. The van der Waals surface area contributed by atoms with Gasteiger partial charge in [0, 0.05) is 17.1 Å². The third-order valence-corrected chi connectivity index (χ3v) is 13.6. The molecule has 10 aromatic carbocycles. The second-order valence-corrected chi connectivity index (χ2v) is 17.2. The van der Waals surface area contributed by atoms with Crippen molar-refractivity contribution < 1.29 is 0 Å². The van der Waals surface area contributed by atoms with E-state index in [1.165, 1.54) is 89.0 Å². The van der Waals surface area contributed by atoms with Crippen molar-refractivity contribution in [3.63, 3.8) is 0 Å². The van der Waals surface area contributed by atoms with Gasteiger partial charge in [-0.05, 0) is 138 Å². The SMILES string of the molecule is c1ccc(Cc2ccccc2-c2ccc(N(c3cccc(-c4ccccc4)c3)c3ccc4c(c3)-c3ccccc3C43c4ccccc4-c4ccccc43)cc2Cc2ccccc2)cc1. The van der Waals surface area contributed by atoms with Crippen LogP contribution in [0.5, 0.6) is 0 Å². The molecular formula is C63H45N. The monoisotopic (exact) mass is 815 g/mol. The highest BCUT2D eigenvalue weighted by Gasteiger charge is 2.51. The van der Waals surface area contributed by atoms with Crippen LogP contribution < -0.4 is 4.90 Å². The molecule has 302 valence electrons. The van der Waals surface area contributed by atoms with Crippen LogP contribution in [0.2, 0.25) is 0 Å². The summed E-state index contributed by atoms with van der Waals surface area (Å²) in [7, 11) is 0. The summed E-state index contributed by atoms with van der Waals surface area (Å²) < 4.78 is 0. The molecule has 0 radical (unpaired) electrons. The van der Waals surface area contributed by atoms with Crippen LogP contribution in [-0.2, 0) is 18.3 Å². The highest BCUT2D eigenvalue weighted by Crippen LogP contribution is 2.63. The molecule has 12 rings (SSSR count). The minimum atomic E-state index is -0.395. The highest BCUT2D eigenvalue weighted by molar-refractivity contribution is 5.96. The average molecular weight is 816 g/mol. The van der Waals surface area contributed by atoms with E-state index in [1.54, 1.807) is 0 Å². The highest BCUT2D eigenvalue weighted by atomic mass is 15.1. The Bertz CT molecular complexity index is 3280. The summed E-state index contributed by atoms with van der Waals surface area (Å²) in [4.78, 5) is 2.48. The summed E-state index contributed by atoms with van der Waals surface area (Å²) in [6.07, 6.45) is 1.68. The normalized spacial score (nSPS) is 12.6. The number of benzene rings is 10. The van der Waals surface area contributed by atoms with Crippen molar-refractivity contribution in [1.29, 1.82) is 0 Å². The van der Waals surface area contributed by atoms with Crippen LogP contribution >= 0.6 is 0 Å². The Labute approximate surface area is 376 Å². The number of fused-ring (bicyclic) bond motifs is 10. The van der Waals surface area contributed by atoms with E-state index < -0.39 is 5.41 Å². The van der Waals surface area contributed by atoms with Crippen LogP contribution in [-0.4, -0.2) is 0 Å². The predicted octanol–water partition coefficient (Wildman–Crippen LogP) is 16.0. The Kier molecular flexibility index (Phi) is 9.27. The molecule has 64 heavy (non-hydrogen) atoms. The fraction of sp³-hybridized carbons (Fsp3) is 0.0476. The smallest absolute Gasteiger partial charge is 0.0725 e. The molecule has 10 aromatic rings. The standard InChI is InChI=1S/C63H45N/c1-4-19-44(20-5-1)39-48-25-10-11-28-53(48)54-37-35-51(42-49(54)40-45-21-6-2-7-22-45)64(50-27-18-26-47(41-50)46-23-8-3-9-24-46)52-36-38-62-58(43-52)57-31-14-17-34-61(57)63(62)59-32-15-12-29-55(59)56-30-13-16-33-60(56)63/h1-38,41-43H,39-40H2. The van der Waals surface area contributed by atoms with Crippen LogP contribution in [0.15, 0.2) is 249 Å². The molecule has 0 aliphatic heterocycles. The lowest BCUT2D eigenvalue weighted by Gasteiger charge is -2.31. The summed E-state index contributed by atoms with van der Waals surface area (Å²) in [6.45, 7) is 0. The van der Waals surface area contributed by atoms with E-state index in [2.05, 4.69) is 254 Å². The third kappa shape index (κ3) is 6.23. The molecule has 0 saturated carbocycles. The zero-order chi connectivity index (χ0) is 42.5. The fourth-order valence-electron chi connectivity index (χ4n) is 10.8. The largest absolute Gasteiger partial charge is 0.310 e. The Morgan fingerprint density at radius 2 is 0.703 bits per heavy atom. The first-order chi connectivity index (χ1) is 31.7. The number of hydrogen-bond donors (Lipinski definition) is 0. The second-order valence-electron chi connectivity index (χ2n) is 17.2. The molecule has 0 amide bonds.